The number of amides is 2. The first kappa shape index (κ1) is 18.0. The van der Waals surface area contributed by atoms with E-state index in [9.17, 15) is 9.59 Å². The van der Waals surface area contributed by atoms with Crippen LogP contribution in [0.1, 0.15) is 72.6 Å². The van der Waals surface area contributed by atoms with Crippen molar-refractivity contribution in [1.29, 1.82) is 0 Å². The van der Waals surface area contributed by atoms with Crippen molar-refractivity contribution < 1.29 is 9.59 Å². The van der Waals surface area contributed by atoms with Gasteiger partial charge in [0.1, 0.15) is 6.04 Å². The molecule has 0 spiro atoms. The maximum atomic E-state index is 12.7. The predicted molar refractivity (Wildman–Crippen MR) is 85.9 cm³/mol. The van der Waals surface area contributed by atoms with Crippen LogP contribution in [0.2, 0.25) is 0 Å². The van der Waals surface area contributed by atoms with Gasteiger partial charge in [-0.1, -0.05) is 46.5 Å². The molecule has 1 rings (SSSR count). The molecule has 0 bridgehead atoms. The summed E-state index contributed by atoms with van der Waals surface area (Å²) in [5, 5.41) is 2.89. The normalized spacial score (nSPS) is 24.7. The van der Waals surface area contributed by atoms with Crippen LogP contribution in [-0.4, -0.2) is 35.3 Å². The van der Waals surface area contributed by atoms with Crippen LogP contribution in [-0.2, 0) is 9.59 Å². The summed E-state index contributed by atoms with van der Waals surface area (Å²) in [6, 6.07) is -0.314. The topological polar surface area (TPSA) is 49.4 Å². The standard InChI is InChI=1S/C17H32N2O2/c1-5-8-10-14(7-3)12-19-13(4)11-16(20)18-15(9-6-2)17(19)21/h13-15H,5-12H2,1-4H3,(H,18,20). The van der Waals surface area contributed by atoms with E-state index in [0.717, 1.165) is 25.8 Å². The van der Waals surface area contributed by atoms with Crippen molar-refractivity contribution in [3.8, 4) is 0 Å². The van der Waals surface area contributed by atoms with Crippen molar-refractivity contribution in [3.05, 3.63) is 0 Å². The van der Waals surface area contributed by atoms with Crippen LogP contribution in [0.5, 0.6) is 0 Å². The summed E-state index contributed by atoms with van der Waals surface area (Å²) in [4.78, 5) is 26.6. The number of carbonyl (C=O) groups excluding carboxylic acids is 2. The monoisotopic (exact) mass is 296 g/mol. The minimum atomic E-state index is -0.323. The van der Waals surface area contributed by atoms with Gasteiger partial charge in [-0.05, 0) is 25.7 Å². The average molecular weight is 296 g/mol. The van der Waals surface area contributed by atoms with Crippen molar-refractivity contribution in [1.82, 2.24) is 10.2 Å². The molecular formula is C17H32N2O2. The Kier molecular flexibility index (Phi) is 7.76. The number of hydrogen-bond donors (Lipinski definition) is 1. The van der Waals surface area contributed by atoms with E-state index in [0.29, 0.717) is 12.3 Å². The van der Waals surface area contributed by atoms with E-state index in [2.05, 4.69) is 19.2 Å². The van der Waals surface area contributed by atoms with Crippen LogP contribution in [0, 0.1) is 5.92 Å². The van der Waals surface area contributed by atoms with Gasteiger partial charge in [0.25, 0.3) is 0 Å². The molecule has 122 valence electrons. The number of rotatable bonds is 8. The van der Waals surface area contributed by atoms with Gasteiger partial charge in [-0.3, -0.25) is 9.59 Å². The Hall–Kier alpha value is -1.06. The third-order valence-electron chi connectivity index (χ3n) is 4.50. The Morgan fingerprint density at radius 2 is 1.95 bits per heavy atom. The van der Waals surface area contributed by atoms with Gasteiger partial charge in [0, 0.05) is 19.0 Å². The van der Waals surface area contributed by atoms with Crippen LogP contribution in [0.3, 0.4) is 0 Å². The van der Waals surface area contributed by atoms with Gasteiger partial charge in [0.05, 0.1) is 0 Å². The smallest absolute Gasteiger partial charge is 0.245 e. The molecule has 0 aromatic carbocycles. The largest absolute Gasteiger partial charge is 0.344 e. The summed E-state index contributed by atoms with van der Waals surface area (Å²) >= 11 is 0. The van der Waals surface area contributed by atoms with Crippen LogP contribution < -0.4 is 5.32 Å². The second-order valence-electron chi connectivity index (χ2n) is 6.37. The van der Waals surface area contributed by atoms with Crippen molar-refractivity contribution in [2.75, 3.05) is 6.54 Å². The van der Waals surface area contributed by atoms with E-state index in [-0.39, 0.29) is 23.9 Å². The Labute approximate surface area is 129 Å². The van der Waals surface area contributed by atoms with Gasteiger partial charge in [-0.25, -0.2) is 0 Å². The van der Waals surface area contributed by atoms with Crippen LogP contribution in [0.15, 0.2) is 0 Å². The lowest BCUT2D eigenvalue weighted by Crippen LogP contribution is -2.47. The Morgan fingerprint density at radius 1 is 1.24 bits per heavy atom. The predicted octanol–water partition coefficient (Wildman–Crippen LogP) is 3.11. The molecule has 3 unspecified atom stereocenters. The molecule has 0 radical (unpaired) electrons. The van der Waals surface area contributed by atoms with E-state index in [4.69, 9.17) is 0 Å². The third-order valence-corrected chi connectivity index (χ3v) is 4.50. The van der Waals surface area contributed by atoms with Crippen molar-refractivity contribution in [2.24, 2.45) is 5.92 Å². The molecule has 0 saturated carbocycles. The van der Waals surface area contributed by atoms with E-state index in [1.165, 1.54) is 19.3 Å². The lowest BCUT2D eigenvalue weighted by molar-refractivity contribution is -0.135. The van der Waals surface area contributed by atoms with Gasteiger partial charge in [-0.15, -0.1) is 0 Å². The highest BCUT2D eigenvalue weighted by Crippen LogP contribution is 2.20. The van der Waals surface area contributed by atoms with Crippen molar-refractivity contribution >= 4 is 11.8 Å². The Morgan fingerprint density at radius 3 is 2.52 bits per heavy atom. The minimum Gasteiger partial charge on any atom is -0.344 e. The fourth-order valence-corrected chi connectivity index (χ4v) is 3.06. The number of unbranched alkanes of at least 4 members (excludes halogenated alkanes) is 1. The zero-order chi connectivity index (χ0) is 15.8. The summed E-state index contributed by atoms with van der Waals surface area (Å²) in [7, 11) is 0. The fraction of sp³-hybridized carbons (Fsp3) is 0.882. The number of nitrogens with one attached hydrogen (secondary N) is 1. The molecule has 2 amide bonds. The zero-order valence-corrected chi connectivity index (χ0v) is 14.2. The summed E-state index contributed by atoms with van der Waals surface area (Å²) < 4.78 is 0. The second-order valence-corrected chi connectivity index (χ2v) is 6.37. The first-order chi connectivity index (χ1) is 10.0. The van der Waals surface area contributed by atoms with E-state index < -0.39 is 0 Å². The molecule has 0 aliphatic carbocycles. The fourth-order valence-electron chi connectivity index (χ4n) is 3.06. The molecule has 1 aliphatic rings. The molecule has 21 heavy (non-hydrogen) atoms. The van der Waals surface area contributed by atoms with Crippen LogP contribution in [0.4, 0.5) is 0 Å². The minimum absolute atomic E-state index is 0.00929. The lowest BCUT2D eigenvalue weighted by atomic mass is 9.97. The van der Waals surface area contributed by atoms with Gasteiger partial charge in [0.15, 0.2) is 0 Å². The van der Waals surface area contributed by atoms with E-state index >= 15 is 0 Å². The second kappa shape index (κ2) is 9.06. The molecule has 1 saturated heterocycles. The molecule has 0 aromatic heterocycles. The van der Waals surface area contributed by atoms with Gasteiger partial charge in [0.2, 0.25) is 11.8 Å². The van der Waals surface area contributed by atoms with E-state index in [1.54, 1.807) is 0 Å². The molecule has 3 atom stereocenters. The maximum absolute atomic E-state index is 12.7. The van der Waals surface area contributed by atoms with Gasteiger partial charge in [-0.2, -0.15) is 0 Å². The molecule has 1 heterocycles. The highest BCUT2D eigenvalue weighted by atomic mass is 16.2. The summed E-state index contributed by atoms with van der Waals surface area (Å²) in [5.41, 5.74) is 0. The SMILES string of the molecule is CCCCC(CC)CN1C(=O)C(CCC)NC(=O)CC1C. The van der Waals surface area contributed by atoms with Crippen molar-refractivity contribution in [2.45, 2.75) is 84.7 Å². The Balaban J connectivity index is 2.79. The molecule has 4 nitrogen and oxygen atoms in total. The zero-order valence-electron chi connectivity index (χ0n) is 14.2. The molecule has 1 N–H and O–H groups in total. The quantitative estimate of drug-likeness (QED) is 0.748. The summed E-state index contributed by atoms with van der Waals surface area (Å²) in [5.74, 6) is 0.676. The molecule has 1 fully saturated rings. The first-order valence-electron chi connectivity index (χ1n) is 8.63. The van der Waals surface area contributed by atoms with Gasteiger partial charge >= 0.3 is 0 Å². The number of carbonyl (C=O) groups is 2. The van der Waals surface area contributed by atoms with Crippen molar-refractivity contribution in [3.63, 3.8) is 0 Å². The number of hydrogen-bond acceptors (Lipinski definition) is 2. The molecule has 0 aromatic rings. The Bertz CT molecular complexity index is 344. The first-order valence-corrected chi connectivity index (χ1v) is 8.63. The average Bonchev–Trinajstić information content (AvgIpc) is 2.54. The maximum Gasteiger partial charge on any atom is 0.245 e. The van der Waals surface area contributed by atoms with Crippen LogP contribution >= 0.6 is 0 Å². The molecule has 1 aliphatic heterocycles. The molecular weight excluding hydrogens is 264 g/mol. The number of nitrogens with zero attached hydrogens (tertiary/aromatic N) is 1. The van der Waals surface area contributed by atoms with Crippen LogP contribution in [0.25, 0.3) is 0 Å². The highest BCUT2D eigenvalue weighted by molar-refractivity contribution is 5.90. The highest BCUT2D eigenvalue weighted by Gasteiger charge is 2.34. The lowest BCUT2D eigenvalue weighted by Gasteiger charge is -2.32. The molecule has 4 heteroatoms. The summed E-state index contributed by atoms with van der Waals surface area (Å²) in [6.45, 7) is 9.24. The third kappa shape index (κ3) is 5.33. The van der Waals surface area contributed by atoms with E-state index in [1.807, 2.05) is 18.7 Å². The van der Waals surface area contributed by atoms with Gasteiger partial charge < -0.3 is 10.2 Å². The summed E-state index contributed by atoms with van der Waals surface area (Å²) in [6.07, 6.45) is 6.74.